The van der Waals surface area contributed by atoms with Crippen LogP contribution in [-0.4, -0.2) is 36.0 Å². The second-order valence-electron chi connectivity index (χ2n) is 8.15. The highest BCUT2D eigenvalue weighted by Gasteiger charge is 2.30. The molecule has 4 rings (SSSR count). The molecular weight excluding hydrogens is 446 g/mol. The summed E-state index contributed by atoms with van der Waals surface area (Å²) in [6.07, 6.45) is 1.04. The Morgan fingerprint density at radius 3 is 2.69 bits per heavy atom. The number of hydrogen-bond donors (Lipinski definition) is 1. The van der Waals surface area contributed by atoms with Gasteiger partial charge in [-0.15, -0.1) is 10.2 Å². The molecule has 0 aliphatic carbocycles. The van der Waals surface area contributed by atoms with Gasteiger partial charge in [0.05, 0.1) is 11.5 Å². The molecule has 32 heavy (non-hydrogen) atoms. The summed E-state index contributed by atoms with van der Waals surface area (Å²) >= 11 is 1.19. The first-order valence-corrected chi connectivity index (χ1v) is 13.1. The quantitative estimate of drug-likeness (QED) is 0.517. The van der Waals surface area contributed by atoms with Crippen molar-refractivity contribution in [2.75, 3.05) is 16.8 Å². The normalized spacial score (nSPS) is 18.4. The molecule has 0 spiro atoms. The maximum absolute atomic E-state index is 13.2. The lowest BCUT2D eigenvalue weighted by atomic mass is 10.1. The maximum atomic E-state index is 13.2. The van der Waals surface area contributed by atoms with Crippen LogP contribution in [0.2, 0.25) is 0 Å². The minimum Gasteiger partial charge on any atom is -0.416 e. The minimum atomic E-state index is -2.96. The summed E-state index contributed by atoms with van der Waals surface area (Å²) < 4.78 is 29.2. The third kappa shape index (κ3) is 5.58. The molecule has 1 aliphatic rings. The van der Waals surface area contributed by atoms with Crippen LogP contribution in [0, 0.1) is 19.8 Å². The van der Waals surface area contributed by atoms with Crippen molar-refractivity contribution in [3.8, 4) is 0 Å². The summed E-state index contributed by atoms with van der Waals surface area (Å²) in [6.45, 7) is 3.93. The highest BCUT2D eigenvalue weighted by molar-refractivity contribution is 8.00. The van der Waals surface area contributed by atoms with Crippen molar-refractivity contribution in [3.05, 3.63) is 71.1 Å². The van der Waals surface area contributed by atoms with Crippen LogP contribution in [0.25, 0.3) is 0 Å². The van der Waals surface area contributed by atoms with Gasteiger partial charge >= 0.3 is 0 Å². The van der Waals surface area contributed by atoms with E-state index in [0.29, 0.717) is 18.7 Å². The Morgan fingerprint density at radius 2 is 1.97 bits per heavy atom. The van der Waals surface area contributed by atoms with Crippen LogP contribution in [0.1, 0.15) is 34.3 Å². The predicted octanol–water partition coefficient (Wildman–Crippen LogP) is 4.14. The van der Waals surface area contributed by atoms with Gasteiger partial charge in [-0.05, 0) is 60.7 Å². The van der Waals surface area contributed by atoms with E-state index in [1.165, 1.54) is 11.8 Å². The second kappa shape index (κ2) is 9.46. The molecule has 3 aromatic rings. The van der Waals surface area contributed by atoms with Gasteiger partial charge in [0.1, 0.15) is 5.25 Å². The molecule has 2 aromatic carbocycles. The molecule has 0 saturated carbocycles. The average Bonchev–Trinajstić information content (AvgIpc) is 3.34. The smallest absolute Gasteiger partial charge is 0.277 e. The van der Waals surface area contributed by atoms with Gasteiger partial charge in [0.15, 0.2) is 9.84 Å². The Bertz CT molecular complexity index is 1210. The number of carbonyl (C=O) groups excluding carboxylic acids is 1. The van der Waals surface area contributed by atoms with Crippen LogP contribution in [-0.2, 0) is 21.1 Å². The van der Waals surface area contributed by atoms with Crippen molar-refractivity contribution >= 4 is 33.2 Å². The van der Waals surface area contributed by atoms with E-state index in [-0.39, 0.29) is 28.6 Å². The average molecular weight is 472 g/mol. The zero-order chi connectivity index (χ0) is 22.7. The van der Waals surface area contributed by atoms with Crippen LogP contribution in [0.5, 0.6) is 0 Å². The minimum absolute atomic E-state index is 0.00388. The van der Waals surface area contributed by atoms with Crippen LogP contribution in [0.15, 0.2) is 58.2 Å². The van der Waals surface area contributed by atoms with Crippen molar-refractivity contribution in [2.45, 2.75) is 37.2 Å². The maximum Gasteiger partial charge on any atom is 0.277 e. The van der Waals surface area contributed by atoms with E-state index in [9.17, 15) is 13.2 Å². The fourth-order valence-electron chi connectivity index (χ4n) is 3.72. The number of benzene rings is 2. The number of anilines is 1. The summed E-state index contributed by atoms with van der Waals surface area (Å²) in [4.78, 5) is 13.2. The van der Waals surface area contributed by atoms with Gasteiger partial charge in [-0.25, -0.2) is 8.42 Å². The number of aromatic nitrogens is 2. The monoisotopic (exact) mass is 471 g/mol. The van der Waals surface area contributed by atoms with E-state index >= 15 is 0 Å². The highest BCUT2D eigenvalue weighted by Crippen LogP contribution is 2.36. The van der Waals surface area contributed by atoms with E-state index < -0.39 is 15.1 Å². The summed E-state index contributed by atoms with van der Waals surface area (Å²) in [5, 5.41) is 10.9. The summed E-state index contributed by atoms with van der Waals surface area (Å²) in [6, 6.07) is 15.4. The number of thioether (sulfide) groups is 1. The van der Waals surface area contributed by atoms with E-state index in [4.69, 9.17) is 4.42 Å². The largest absolute Gasteiger partial charge is 0.416 e. The highest BCUT2D eigenvalue weighted by atomic mass is 32.2. The molecule has 1 N–H and O–H groups in total. The fourth-order valence-corrected chi connectivity index (χ4v) is 6.47. The van der Waals surface area contributed by atoms with Gasteiger partial charge in [-0.2, -0.15) is 0 Å². The summed E-state index contributed by atoms with van der Waals surface area (Å²) in [7, 11) is -2.96. The standard InChI is InChI=1S/C23H25N3O4S2/c1-15-8-9-16(2)19(12-15)24-22(27)21(18-6-4-3-5-7-18)31-23-26-25-20(30-23)13-17-10-11-32(28,29)14-17/h3-9,12,17,21H,10-11,13-14H2,1-2H3,(H,24,27)/t17-,21-/m0/s1. The predicted molar refractivity (Wildman–Crippen MR) is 124 cm³/mol. The summed E-state index contributed by atoms with van der Waals surface area (Å²) in [5.41, 5.74) is 3.63. The molecule has 2 heterocycles. The van der Waals surface area contributed by atoms with Gasteiger partial charge in [0.2, 0.25) is 11.8 Å². The Hall–Kier alpha value is -2.65. The molecule has 0 bridgehead atoms. The van der Waals surface area contributed by atoms with Gasteiger partial charge in [0.25, 0.3) is 5.22 Å². The Labute approximate surface area is 191 Å². The molecule has 168 valence electrons. The lowest BCUT2D eigenvalue weighted by Gasteiger charge is -2.16. The van der Waals surface area contributed by atoms with Crippen LogP contribution < -0.4 is 5.32 Å². The lowest BCUT2D eigenvalue weighted by Crippen LogP contribution is -2.19. The first-order valence-electron chi connectivity index (χ1n) is 10.4. The molecule has 1 aliphatic heterocycles. The first kappa shape index (κ1) is 22.5. The number of carbonyl (C=O) groups is 1. The second-order valence-corrected chi connectivity index (χ2v) is 11.4. The van der Waals surface area contributed by atoms with E-state index in [0.717, 1.165) is 22.4 Å². The number of sulfone groups is 1. The Morgan fingerprint density at radius 1 is 1.19 bits per heavy atom. The van der Waals surface area contributed by atoms with E-state index in [1.54, 1.807) is 0 Å². The molecule has 1 saturated heterocycles. The van der Waals surface area contributed by atoms with Crippen LogP contribution in [0.3, 0.4) is 0 Å². The van der Waals surface area contributed by atoms with Gasteiger partial charge in [-0.3, -0.25) is 4.79 Å². The van der Waals surface area contributed by atoms with Crippen molar-refractivity contribution in [1.29, 1.82) is 0 Å². The van der Waals surface area contributed by atoms with Crippen LogP contribution in [0.4, 0.5) is 5.69 Å². The molecule has 7 nitrogen and oxygen atoms in total. The van der Waals surface area contributed by atoms with Crippen molar-refractivity contribution in [1.82, 2.24) is 10.2 Å². The van der Waals surface area contributed by atoms with Crippen LogP contribution >= 0.6 is 11.8 Å². The molecule has 0 radical (unpaired) electrons. The molecule has 9 heteroatoms. The number of aryl methyl sites for hydroxylation is 2. The topological polar surface area (TPSA) is 102 Å². The van der Waals surface area contributed by atoms with Gasteiger partial charge in [-0.1, -0.05) is 42.5 Å². The summed E-state index contributed by atoms with van der Waals surface area (Å²) in [5.74, 6) is 0.578. The number of nitrogens with one attached hydrogen (secondary N) is 1. The number of rotatable bonds is 7. The molecule has 1 amide bonds. The third-order valence-corrected chi connectivity index (χ3v) is 8.37. The van der Waals surface area contributed by atoms with Gasteiger partial charge in [0, 0.05) is 12.1 Å². The van der Waals surface area contributed by atoms with Crippen molar-refractivity contribution in [3.63, 3.8) is 0 Å². The molecule has 1 aromatic heterocycles. The molecule has 2 atom stereocenters. The number of amides is 1. The molecule has 0 unspecified atom stereocenters. The van der Waals surface area contributed by atoms with Gasteiger partial charge < -0.3 is 9.73 Å². The Kier molecular flexibility index (Phi) is 6.66. The SMILES string of the molecule is Cc1ccc(C)c(NC(=O)[C@@H](Sc2nnc(C[C@@H]3CCS(=O)(=O)C3)o2)c2ccccc2)c1. The Balaban J connectivity index is 1.51. The zero-order valence-corrected chi connectivity index (χ0v) is 19.6. The fraction of sp³-hybridized carbons (Fsp3) is 0.348. The van der Waals surface area contributed by atoms with E-state index in [1.807, 2.05) is 62.4 Å². The zero-order valence-electron chi connectivity index (χ0n) is 17.9. The number of nitrogens with zero attached hydrogens (tertiary/aromatic N) is 2. The number of hydrogen-bond acceptors (Lipinski definition) is 7. The van der Waals surface area contributed by atoms with E-state index in [2.05, 4.69) is 15.5 Å². The molecular formula is C23H25N3O4S2. The molecule has 1 fully saturated rings. The lowest BCUT2D eigenvalue weighted by molar-refractivity contribution is -0.115. The first-order chi connectivity index (χ1) is 15.3. The third-order valence-electron chi connectivity index (χ3n) is 5.45. The van der Waals surface area contributed by atoms with Crippen molar-refractivity contribution < 1.29 is 17.6 Å². The van der Waals surface area contributed by atoms with Crippen molar-refractivity contribution in [2.24, 2.45) is 5.92 Å².